The molecule has 2 aliphatic rings. The average Bonchev–Trinajstić information content (AvgIpc) is 2.82. The van der Waals surface area contributed by atoms with Gasteiger partial charge in [-0.15, -0.1) is 0 Å². The Kier molecular flexibility index (Phi) is 3.74. The van der Waals surface area contributed by atoms with Gasteiger partial charge in [-0.2, -0.15) is 0 Å². The summed E-state index contributed by atoms with van der Waals surface area (Å²) in [6.45, 7) is 0. The molecule has 0 aliphatic carbocycles. The number of nitrogens with zero attached hydrogens (tertiary/aromatic N) is 3. The minimum Gasteiger partial charge on any atom is -0.382 e. The van der Waals surface area contributed by atoms with Crippen molar-refractivity contribution in [1.29, 1.82) is 0 Å². The summed E-state index contributed by atoms with van der Waals surface area (Å²) in [7, 11) is 0. The molecule has 1 aromatic carbocycles. The van der Waals surface area contributed by atoms with E-state index in [1.165, 1.54) is 18.5 Å². The van der Waals surface area contributed by atoms with Gasteiger partial charge in [0.05, 0.1) is 0 Å². The van der Waals surface area contributed by atoms with Gasteiger partial charge in [-0.25, -0.2) is 9.97 Å². The highest BCUT2D eigenvalue weighted by atomic mass is 79.9. The summed E-state index contributed by atoms with van der Waals surface area (Å²) in [6.07, 6.45) is 8.50. The van der Waals surface area contributed by atoms with Gasteiger partial charge in [0, 0.05) is 40.7 Å². The predicted octanol–water partition coefficient (Wildman–Crippen LogP) is 3.85. The maximum Gasteiger partial charge on any atom is 0.225 e. The summed E-state index contributed by atoms with van der Waals surface area (Å²) in [5, 5.41) is 3.69. The second kappa shape index (κ2) is 5.88. The molecule has 2 unspecified atom stereocenters. The van der Waals surface area contributed by atoms with Crippen molar-refractivity contribution in [1.82, 2.24) is 9.97 Å². The lowest BCUT2D eigenvalue weighted by atomic mass is 9.97. The Balaban J connectivity index is 1.47. The van der Waals surface area contributed by atoms with Crippen LogP contribution in [0.1, 0.15) is 25.7 Å². The van der Waals surface area contributed by atoms with E-state index in [1.54, 1.807) is 0 Å². The van der Waals surface area contributed by atoms with Crippen molar-refractivity contribution >= 4 is 27.6 Å². The topological polar surface area (TPSA) is 41.0 Å². The third-order valence-corrected chi connectivity index (χ3v) is 5.26. The predicted molar refractivity (Wildman–Crippen MR) is 92.1 cm³/mol. The van der Waals surface area contributed by atoms with Crippen LogP contribution in [0.2, 0.25) is 0 Å². The quantitative estimate of drug-likeness (QED) is 0.904. The van der Waals surface area contributed by atoms with Crippen LogP contribution in [0, 0.1) is 0 Å². The van der Waals surface area contributed by atoms with Gasteiger partial charge in [0.25, 0.3) is 0 Å². The highest BCUT2D eigenvalue weighted by Crippen LogP contribution is 2.38. The highest BCUT2D eigenvalue weighted by molar-refractivity contribution is 9.10. The molecule has 5 heteroatoms. The molecule has 2 bridgehead atoms. The number of anilines is 2. The van der Waals surface area contributed by atoms with Crippen LogP contribution in [-0.4, -0.2) is 28.1 Å². The van der Waals surface area contributed by atoms with Crippen LogP contribution >= 0.6 is 15.9 Å². The molecule has 4 nitrogen and oxygen atoms in total. The molecule has 114 valence electrons. The maximum absolute atomic E-state index is 4.45. The fourth-order valence-corrected chi connectivity index (χ4v) is 4.09. The van der Waals surface area contributed by atoms with Crippen molar-refractivity contribution in [2.24, 2.45) is 0 Å². The molecule has 2 aliphatic heterocycles. The first-order chi connectivity index (χ1) is 10.8. The smallest absolute Gasteiger partial charge is 0.225 e. The van der Waals surface area contributed by atoms with Crippen molar-refractivity contribution in [3.05, 3.63) is 47.2 Å². The molecule has 2 atom stereocenters. The first kappa shape index (κ1) is 14.0. The molecule has 0 saturated carbocycles. The summed E-state index contributed by atoms with van der Waals surface area (Å²) in [5.74, 6) is 0.900. The number of aromatic nitrogens is 2. The van der Waals surface area contributed by atoms with Crippen LogP contribution in [-0.2, 0) is 0 Å². The van der Waals surface area contributed by atoms with Gasteiger partial charge in [-0.1, -0.05) is 15.9 Å². The zero-order valence-electron chi connectivity index (χ0n) is 12.3. The number of fused-ring (bicyclic) bond motifs is 2. The fraction of sp³-hybridized carbons (Fsp3) is 0.412. The first-order valence-corrected chi connectivity index (χ1v) is 8.66. The lowest BCUT2D eigenvalue weighted by molar-refractivity contribution is 0.427. The van der Waals surface area contributed by atoms with E-state index in [0.717, 1.165) is 23.3 Å². The molecule has 1 aromatic heterocycles. The van der Waals surface area contributed by atoms with E-state index in [9.17, 15) is 0 Å². The van der Waals surface area contributed by atoms with Gasteiger partial charge < -0.3 is 10.2 Å². The third-order valence-electron chi connectivity index (χ3n) is 4.73. The Morgan fingerprint density at radius 2 is 1.64 bits per heavy atom. The number of halogens is 1. The molecule has 0 radical (unpaired) electrons. The number of benzene rings is 1. The van der Waals surface area contributed by atoms with Crippen molar-refractivity contribution in [3.63, 3.8) is 0 Å². The second-order valence-electron chi connectivity index (χ2n) is 6.16. The Bertz CT molecular complexity index is 617. The van der Waals surface area contributed by atoms with Crippen LogP contribution in [0.15, 0.2) is 47.2 Å². The molecule has 3 heterocycles. The van der Waals surface area contributed by atoms with Crippen molar-refractivity contribution in [3.8, 4) is 0 Å². The zero-order valence-corrected chi connectivity index (χ0v) is 13.9. The largest absolute Gasteiger partial charge is 0.382 e. The molecule has 4 rings (SSSR count). The van der Waals surface area contributed by atoms with Crippen LogP contribution in [0.5, 0.6) is 0 Å². The van der Waals surface area contributed by atoms with E-state index in [4.69, 9.17) is 0 Å². The lowest BCUT2D eigenvalue weighted by Crippen LogP contribution is -2.47. The van der Waals surface area contributed by atoms with Gasteiger partial charge in [0.1, 0.15) is 0 Å². The van der Waals surface area contributed by atoms with Crippen LogP contribution in [0.25, 0.3) is 0 Å². The Morgan fingerprint density at radius 1 is 1.00 bits per heavy atom. The minimum absolute atomic E-state index is 0.540. The van der Waals surface area contributed by atoms with Crippen molar-refractivity contribution in [2.75, 3.05) is 10.2 Å². The monoisotopic (exact) mass is 358 g/mol. The fourth-order valence-electron chi connectivity index (χ4n) is 3.83. The van der Waals surface area contributed by atoms with E-state index in [-0.39, 0.29) is 0 Å². The number of rotatable bonds is 3. The van der Waals surface area contributed by atoms with Crippen LogP contribution < -0.4 is 10.2 Å². The molecule has 2 aromatic rings. The Labute approximate surface area is 139 Å². The van der Waals surface area contributed by atoms with Gasteiger partial charge in [0.2, 0.25) is 5.95 Å². The van der Waals surface area contributed by atoms with Crippen LogP contribution in [0.3, 0.4) is 0 Å². The molecule has 2 fully saturated rings. The van der Waals surface area contributed by atoms with E-state index in [1.807, 2.05) is 18.5 Å². The summed E-state index contributed by atoms with van der Waals surface area (Å²) in [6, 6.07) is 12.0. The molecule has 0 amide bonds. The van der Waals surface area contributed by atoms with E-state index in [2.05, 4.69) is 60.4 Å². The molecular formula is C17H19BrN4. The zero-order chi connectivity index (χ0) is 14.9. The summed E-state index contributed by atoms with van der Waals surface area (Å²) in [4.78, 5) is 11.3. The number of piperidine rings is 1. The number of hydrogen-bond donors (Lipinski definition) is 1. The highest BCUT2D eigenvalue weighted by Gasteiger charge is 2.41. The maximum atomic E-state index is 4.45. The molecule has 0 spiro atoms. The first-order valence-electron chi connectivity index (χ1n) is 7.87. The summed E-state index contributed by atoms with van der Waals surface area (Å²) >= 11 is 3.49. The summed E-state index contributed by atoms with van der Waals surface area (Å²) < 4.78 is 1.12. The summed E-state index contributed by atoms with van der Waals surface area (Å²) in [5.41, 5.74) is 1.21. The lowest BCUT2D eigenvalue weighted by Gasteiger charge is -2.39. The minimum atomic E-state index is 0.540. The second-order valence-corrected chi connectivity index (χ2v) is 7.08. The SMILES string of the molecule is Brc1ccc(NC2CC3CCC(C2)N3c2ncccn2)cc1. The third kappa shape index (κ3) is 2.70. The van der Waals surface area contributed by atoms with Crippen LogP contribution in [0.4, 0.5) is 11.6 Å². The van der Waals surface area contributed by atoms with Gasteiger partial charge in [0.15, 0.2) is 0 Å². The van der Waals surface area contributed by atoms with Gasteiger partial charge in [-0.05, 0) is 56.0 Å². The van der Waals surface area contributed by atoms with Crippen molar-refractivity contribution < 1.29 is 0 Å². The van der Waals surface area contributed by atoms with Crippen molar-refractivity contribution in [2.45, 2.75) is 43.8 Å². The molecule has 22 heavy (non-hydrogen) atoms. The normalized spacial score (nSPS) is 27.0. The standard InChI is InChI=1S/C17H19BrN4/c18-12-2-4-13(5-3-12)21-14-10-15-6-7-16(11-14)22(15)17-19-8-1-9-20-17/h1-5,8-9,14-16,21H,6-7,10-11H2. The Morgan fingerprint density at radius 3 is 2.27 bits per heavy atom. The van der Waals surface area contributed by atoms with E-state index < -0.39 is 0 Å². The Hall–Kier alpha value is -1.62. The molecular weight excluding hydrogens is 340 g/mol. The van der Waals surface area contributed by atoms with E-state index >= 15 is 0 Å². The molecule has 1 N–H and O–H groups in total. The number of nitrogens with one attached hydrogen (secondary N) is 1. The van der Waals surface area contributed by atoms with Gasteiger partial charge in [-0.3, -0.25) is 0 Å². The number of hydrogen-bond acceptors (Lipinski definition) is 4. The molecule has 2 saturated heterocycles. The average molecular weight is 359 g/mol. The van der Waals surface area contributed by atoms with E-state index in [0.29, 0.717) is 18.1 Å². The van der Waals surface area contributed by atoms with Gasteiger partial charge >= 0.3 is 0 Å².